The van der Waals surface area contributed by atoms with E-state index >= 15 is 0 Å². The molecule has 1 aliphatic heterocycles. The molecule has 13 nitrogen and oxygen atoms in total. The molecular weight excluding hydrogens is 514 g/mol. The van der Waals surface area contributed by atoms with Crippen LogP contribution in [0.25, 0.3) is 28.4 Å². The summed E-state index contributed by atoms with van der Waals surface area (Å²) in [5.74, 6) is 2.73. The van der Waals surface area contributed by atoms with E-state index in [4.69, 9.17) is 20.9 Å². The summed E-state index contributed by atoms with van der Waals surface area (Å²) < 4.78 is 12.0. The molecule has 4 aromatic rings. The van der Waals surface area contributed by atoms with Gasteiger partial charge in [-0.15, -0.1) is 0 Å². The zero-order valence-electron chi connectivity index (χ0n) is 22.9. The number of hydrogen-bond donors (Lipinski definition) is 3. The first-order valence-electron chi connectivity index (χ1n) is 12.6. The molecule has 0 saturated carbocycles. The maximum Gasteiger partial charge on any atom is 0.209 e. The smallest absolute Gasteiger partial charge is 0.209 e. The third-order valence-electron chi connectivity index (χ3n) is 6.57. The fraction of sp³-hybridized carbons (Fsp3) is 0.296. The summed E-state index contributed by atoms with van der Waals surface area (Å²) in [5.41, 5.74) is 13.4. The lowest BCUT2D eigenvalue weighted by atomic mass is 10.1. The molecule has 1 saturated heterocycles. The molecule has 0 atom stereocenters. The van der Waals surface area contributed by atoms with Crippen LogP contribution in [0.5, 0.6) is 5.75 Å². The number of aromatic amines is 1. The Hall–Kier alpha value is -5.07. The minimum absolute atomic E-state index is 0.0403. The van der Waals surface area contributed by atoms with Crippen LogP contribution in [0.2, 0.25) is 0 Å². The minimum atomic E-state index is -0.0403. The Morgan fingerprint density at radius 2 is 1.77 bits per heavy atom. The third kappa shape index (κ3) is 5.67. The fourth-order valence-corrected chi connectivity index (χ4v) is 4.43. The van der Waals surface area contributed by atoms with Crippen molar-refractivity contribution < 1.29 is 19.1 Å². The fourth-order valence-electron chi connectivity index (χ4n) is 4.43. The van der Waals surface area contributed by atoms with Crippen molar-refractivity contribution in [2.45, 2.75) is 13.8 Å². The summed E-state index contributed by atoms with van der Waals surface area (Å²) in [7, 11) is 3.08. The lowest BCUT2D eigenvalue weighted by Crippen LogP contribution is -2.49. The molecule has 5 rings (SSSR count). The number of aromatic nitrogens is 5. The normalized spacial score (nSPS) is 14.7. The number of H-pyrrole nitrogens is 1. The predicted octanol–water partition coefficient (Wildman–Crippen LogP) is -0.181. The number of aryl methyl sites for hydroxylation is 1. The number of hydrogen-bond acceptors (Lipinski definition) is 10. The van der Waals surface area contributed by atoms with Crippen LogP contribution in [-0.2, 0) is 9.53 Å². The van der Waals surface area contributed by atoms with E-state index in [9.17, 15) is 9.59 Å². The Kier molecular flexibility index (Phi) is 8.52. The first-order chi connectivity index (χ1) is 19.3. The number of fused-ring (bicyclic) bond motifs is 1. The molecule has 0 aliphatic carbocycles. The van der Waals surface area contributed by atoms with Gasteiger partial charge in [-0.25, -0.2) is 14.6 Å². The van der Waals surface area contributed by atoms with Crippen LogP contribution in [0.1, 0.15) is 23.1 Å². The molecule has 1 aromatic carbocycles. The maximum absolute atomic E-state index is 11.7. The largest absolute Gasteiger partial charge is 0.494 e. The highest BCUT2D eigenvalue weighted by Crippen LogP contribution is 2.31. The molecule has 0 bridgehead atoms. The highest BCUT2D eigenvalue weighted by Gasteiger charge is 2.19. The van der Waals surface area contributed by atoms with Gasteiger partial charge >= 0.3 is 0 Å². The summed E-state index contributed by atoms with van der Waals surface area (Å²) >= 11 is 0. The highest BCUT2D eigenvalue weighted by molar-refractivity contribution is 6.10. The van der Waals surface area contributed by atoms with Gasteiger partial charge in [-0.05, 0) is 19.9 Å². The van der Waals surface area contributed by atoms with Gasteiger partial charge in [0, 0.05) is 48.4 Å². The second-order valence-electron chi connectivity index (χ2n) is 9.02. The second kappa shape index (κ2) is 12.2. The highest BCUT2D eigenvalue weighted by atomic mass is 16.5. The molecule has 40 heavy (non-hydrogen) atoms. The molecule has 210 valence electrons. The second-order valence-corrected chi connectivity index (χ2v) is 9.02. The number of nitrogens with two attached hydrogens (primary N) is 2. The quantitative estimate of drug-likeness (QED) is 0.217. The molecule has 0 radical (unpaired) electrons. The molecule has 1 amide bonds. The number of ketones is 1. The third-order valence-corrected chi connectivity index (χ3v) is 6.57. The Morgan fingerprint density at radius 3 is 2.35 bits per heavy atom. The summed E-state index contributed by atoms with van der Waals surface area (Å²) in [6, 6.07) is 7.60. The van der Waals surface area contributed by atoms with Crippen LogP contribution >= 0.6 is 0 Å². The van der Waals surface area contributed by atoms with Gasteiger partial charge in [0.15, 0.2) is 17.5 Å². The van der Waals surface area contributed by atoms with Gasteiger partial charge in [0.2, 0.25) is 6.41 Å². The van der Waals surface area contributed by atoms with Crippen molar-refractivity contribution in [2.75, 3.05) is 40.4 Å². The number of carbonyl (C=O) groups excluding carboxylic acids is 2. The van der Waals surface area contributed by atoms with Crippen LogP contribution < -0.4 is 26.6 Å². The maximum atomic E-state index is 11.7. The summed E-state index contributed by atoms with van der Waals surface area (Å²) in [6.07, 6.45) is 5.69. The van der Waals surface area contributed by atoms with Crippen molar-refractivity contribution in [3.63, 3.8) is 0 Å². The molecular formula is C27H33N9O4. The summed E-state index contributed by atoms with van der Waals surface area (Å²) in [4.78, 5) is 37.7. The van der Waals surface area contributed by atoms with E-state index in [0.29, 0.717) is 71.7 Å². The van der Waals surface area contributed by atoms with Gasteiger partial charge in [0.25, 0.3) is 0 Å². The zero-order chi connectivity index (χ0) is 28.8. The van der Waals surface area contributed by atoms with Crippen molar-refractivity contribution in [2.24, 2.45) is 11.5 Å². The lowest BCUT2D eigenvalue weighted by Gasteiger charge is -2.34. The van der Waals surface area contributed by atoms with Gasteiger partial charge in [-0.2, -0.15) is 5.10 Å². The monoisotopic (exact) mass is 547 g/mol. The molecule has 1 aliphatic rings. The number of carbonyl (C=O) groups is 2. The van der Waals surface area contributed by atoms with Crippen molar-refractivity contribution in [1.29, 1.82) is 0 Å². The Morgan fingerprint density at radius 1 is 1.07 bits per heavy atom. The molecule has 0 unspecified atom stereocenters. The molecule has 13 heteroatoms. The Bertz CT molecular complexity index is 1640. The summed E-state index contributed by atoms with van der Waals surface area (Å²) in [6.45, 7) is 6.10. The number of benzene rings is 1. The van der Waals surface area contributed by atoms with Gasteiger partial charge in [0.05, 0.1) is 31.3 Å². The van der Waals surface area contributed by atoms with Gasteiger partial charge in [0.1, 0.15) is 23.7 Å². The molecule has 1 fully saturated rings. The van der Waals surface area contributed by atoms with Crippen LogP contribution in [-0.4, -0.2) is 87.1 Å². The molecule has 5 N–H and O–H groups in total. The van der Waals surface area contributed by atoms with Crippen LogP contribution in [0.3, 0.4) is 0 Å². The van der Waals surface area contributed by atoms with E-state index in [0.717, 1.165) is 16.8 Å². The Balaban J connectivity index is 0.000000185. The van der Waals surface area contributed by atoms with E-state index in [1.54, 1.807) is 42.3 Å². The van der Waals surface area contributed by atoms with Gasteiger partial charge in [-0.3, -0.25) is 9.59 Å². The van der Waals surface area contributed by atoms with Crippen molar-refractivity contribution in [3.8, 4) is 11.6 Å². The predicted molar refractivity (Wildman–Crippen MR) is 149 cm³/mol. The minimum Gasteiger partial charge on any atom is -0.494 e. The lowest BCUT2D eigenvalue weighted by molar-refractivity contribution is -0.119. The number of pyridine rings is 1. The standard InChI is InChI=1S/C14H20N4O2.C13H13N5O2/c1-20-14(16)12-5-3-2-4-11(12)13(15)18-8-6-17(10-19)7-9-18;1-7(19)9-4-14-12-11(9)10(20-3)5-15-13(12)18-6-16-8(2)17-18/h2-5,10H,6-9,15-16H2,1H3;4-6,14H,1-3H3/b13-11+,14-12+;. The van der Waals surface area contributed by atoms with E-state index in [2.05, 4.69) is 25.0 Å². The van der Waals surface area contributed by atoms with Crippen LogP contribution in [0.15, 0.2) is 43.0 Å². The van der Waals surface area contributed by atoms with E-state index in [1.807, 2.05) is 24.3 Å². The number of Topliss-reactive ketones (excluding diaryl/α,β-unsaturated/α-hetero) is 1. The SMILES string of the molecule is CO/C(N)=c1\cccc\c1=C(\N)N1CCN(C=O)CC1.COc1cnc(-n2cnc(C)n2)c2[nH]cc(C(C)=O)c12. The average Bonchev–Trinajstić information content (AvgIpc) is 3.63. The van der Waals surface area contributed by atoms with Gasteiger partial charge < -0.3 is 35.7 Å². The number of rotatable bonds is 6. The van der Waals surface area contributed by atoms with Crippen LogP contribution in [0.4, 0.5) is 0 Å². The number of nitrogens with one attached hydrogen (secondary N) is 1. The van der Waals surface area contributed by atoms with Gasteiger partial charge in [-0.1, -0.05) is 18.2 Å². The number of ether oxygens (including phenoxy) is 2. The zero-order valence-corrected chi connectivity index (χ0v) is 22.9. The average molecular weight is 548 g/mol. The van der Waals surface area contributed by atoms with E-state index < -0.39 is 0 Å². The number of nitrogens with zero attached hydrogens (tertiary/aromatic N) is 6. The molecule has 4 heterocycles. The number of piperazine rings is 1. The van der Waals surface area contributed by atoms with E-state index in [-0.39, 0.29) is 5.78 Å². The first-order valence-corrected chi connectivity index (χ1v) is 12.6. The summed E-state index contributed by atoms with van der Waals surface area (Å²) in [5, 5.41) is 6.58. The first kappa shape index (κ1) is 28.0. The van der Waals surface area contributed by atoms with Crippen molar-refractivity contribution in [3.05, 3.63) is 64.8 Å². The Labute approximate surface area is 230 Å². The van der Waals surface area contributed by atoms with Crippen molar-refractivity contribution in [1.82, 2.24) is 34.5 Å². The number of amides is 1. The van der Waals surface area contributed by atoms with Crippen LogP contribution in [0, 0.1) is 6.92 Å². The molecule has 3 aromatic heterocycles. The number of methoxy groups -OCH3 is 2. The molecule has 0 spiro atoms. The topological polar surface area (TPSA) is 171 Å². The van der Waals surface area contributed by atoms with E-state index in [1.165, 1.54) is 14.0 Å². The van der Waals surface area contributed by atoms with Crippen molar-refractivity contribution >= 4 is 34.8 Å².